The van der Waals surface area contributed by atoms with Crippen LogP contribution in [0.1, 0.15) is 32.3 Å². The third kappa shape index (κ3) is 2.50. The third-order valence-corrected chi connectivity index (χ3v) is 3.48. The Hall–Kier alpha value is -1.33. The highest BCUT2D eigenvalue weighted by molar-refractivity contribution is 6.31. The van der Waals surface area contributed by atoms with Crippen molar-refractivity contribution in [2.45, 2.75) is 32.7 Å². The molecule has 1 aliphatic heterocycles. The molecule has 1 aromatic rings. The zero-order valence-corrected chi connectivity index (χ0v) is 10.8. The molecule has 0 unspecified atom stereocenters. The molecule has 0 amide bonds. The summed E-state index contributed by atoms with van der Waals surface area (Å²) in [5, 5.41) is 9.84. The van der Waals surface area contributed by atoms with E-state index < -0.39 is 0 Å². The van der Waals surface area contributed by atoms with Gasteiger partial charge in [-0.25, -0.2) is 0 Å². The van der Waals surface area contributed by atoms with Gasteiger partial charge in [0.15, 0.2) is 0 Å². The first-order valence-corrected chi connectivity index (χ1v) is 6.14. The number of nitriles is 1. The van der Waals surface area contributed by atoms with Gasteiger partial charge in [0.05, 0.1) is 17.5 Å². The second-order valence-corrected chi connectivity index (χ2v) is 5.41. The molecule has 0 saturated carbocycles. The van der Waals surface area contributed by atoms with Gasteiger partial charge in [-0.2, -0.15) is 5.26 Å². The van der Waals surface area contributed by atoms with Gasteiger partial charge < -0.3 is 0 Å². The minimum atomic E-state index is -0.389. The van der Waals surface area contributed by atoms with E-state index in [1.807, 2.05) is 38.1 Å². The number of nitrogens with zero attached hydrogens (tertiary/aromatic N) is 2. The summed E-state index contributed by atoms with van der Waals surface area (Å²) in [5.41, 5.74) is 1.76. The molecule has 0 bridgehead atoms. The molecule has 1 heterocycles. The molecular weight excluding hydrogens is 232 g/mol. The molecule has 3 heteroatoms. The van der Waals surface area contributed by atoms with Crippen molar-refractivity contribution in [2.75, 3.05) is 0 Å². The standard InChI is InChI=1S/C14H15ClN2/c1-14(2,9-16)13-7-6-12(17-13)10-4-3-5-11(15)8-10/h3-5,8,13H,6-7H2,1-2H3/t13-/m0/s1. The molecule has 0 fully saturated rings. The van der Waals surface area contributed by atoms with E-state index in [-0.39, 0.29) is 11.5 Å². The minimum absolute atomic E-state index is 0.0986. The molecule has 1 aromatic carbocycles. The molecule has 17 heavy (non-hydrogen) atoms. The molecule has 0 aliphatic carbocycles. The van der Waals surface area contributed by atoms with Crippen LogP contribution in [0.4, 0.5) is 0 Å². The molecule has 0 aromatic heterocycles. The lowest BCUT2D eigenvalue weighted by Crippen LogP contribution is -2.23. The molecule has 2 nitrogen and oxygen atoms in total. The Kier molecular flexibility index (Phi) is 3.22. The first-order valence-electron chi connectivity index (χ1n) is 5.77. The van der Waals surface area contributed by atoms with Crippen LogP contribution in [-0.2, 0) is 0 Å². The van der Waals surface area contributed by atoms with Gasteiger partial charge in [-0.3, -0.25) is 4.99 Å². The summed E-state index contributed by atoms with van der Waals surface area (Å²) in [4.78, 5) is 4.68. The van der Waals surface area contributed by atoms with Crippen molar-refractivity contribution in [1.29, 1.82) is 5.26 Å². The highest BCUT2D eigenvalue weighted by Gasteiger charge is 2.33. The van der Waals surface area contributed by atoms with Crippen molar-refractivity contribution in [1.82, 2.24) is 0 Å². The quantitative estimate of drug-likeness (QED) is 0.781. The van der Waals surface area contributed by atoms with Crippen molar-refractivity contribution in [3.05, 3.63) is 34.9 Å². The highest BCUT2D eigenvalue weighted by Crippen LogP contribution is 2.32. The number of benzene rings is 1. The van der Waals surface area contributed by atoms with Crippen LogP contribution in [0.3, 0.4) is 0 Å². The topological polar surface area (TPSA) is 36.1 Å². The van der Waals surface area contributed by atoms with Gasteiger partial charge >= 0.3 is 0 Å². The van der Waals surface area contributed by atoms with Crippen molar-refractivity contribution < 1.29 is 0 Å². The third-order valence-electron chi connectivity index (χ3n) is 3.25. The molecule has 0 saturated heterocycles. The normalized spacial score (nSPS) is 19.9. The fourth-order valence-electron chi connectivity index (χ4n) is 2.07. The van der Waals surface area contributed by atoms with Gasteiger partial charge in [0.2, 0.25) is 0 Å². The largest absolute Gasteiger partial charge is 0.284 e. The number of aliphatic imine (C=N–C) groups is 1. The number of hydrogen-bond acceptors (Lipinski definition) is 2. The van der Waals surface area contributed by atoms with E-state index in [0.717, 1.165) is 29.1 Å². The molecule has 0 spiro atoms. The smallest absolute Gasteiger partial charge is 0.0741 e. The maximum absolute atomic E-state index is 9.12. The first kappa shape index (κ1) is 12.1. The average Bonchev–Trinajstić information content (AvgIpc) is 2.79. The number of hydrogen-bond donors (Lipinski definition) is 0. The van der Waals surface area contributed by atoms with Crippen LogP contribution in [0.5, 0.6) is 0 Å². The second-order valence-electron chi connectivity index (χ2n) is 4.97. The molecule has 0 radical (unpaired) electrons. The lowest BCUT2D eigenvalue weighted by molar-refractivity contribution is 0.384. The predicted molar refractivity (Wildman–Crippen MR) is 70.4 cm³/mol. The predicted octanol–water partition coefficient (Wildman–Crippen LogP) is 3.84. The van der Waals surface area contributed by atoms with Crippen LogP contribution in [-0.4, -0.2) is 11.8 Å². The summed E-state index contributed by atoms with van der Waals surface area (Å²) in [6, 6.07) is 10.2. The van der Waals surface area contributed by atoms with Crippen LogP contribution in [0.2, 0.25) is 5.02 Å². The summed E-state index contributed by atoms with van der Waals surface area (Å²) in [7, 11) is 0. The maximum atomic E-state index is 9.12. The maximum Gasteiger partial charge on any atom is 0.0741 e. The van der Waals surface area contributed by atoms with Crippen LogP contribution < -0.4 is 0 Å². The van der Waals surface area contributed by atoms with E-state index in [4.69, 9.17) is 16.9 Å². The van der Waals surface area contributed by atoms with Crippen molar-refractivity contribution in [2.24, 2.45) is 10.4 Å². The Bertz CT molecular complexity index is 497. The SMILES string of the molecule is CC(C)(C#N)[C@@H]1CCC(c2cccc(Cl)c2)=N1. The zero-order chi connectivity index (χ0) is 12.5. The van der Waals surface area contributed by atoms with Crippen molar-refractivity contribution in [3.8, 4) is 6.07 Å². The monoisotopic (exact) mass is 246 g/mol. The van der Waals surface area contributed by atoms with Gasteiger partial charge in [0, 0.05) is 10.7 Å². The Morgan fingerprint density at radius 3 is 2.88 bits per heavy atom. The molecule has 1 aliphatic rings. The number of halogens is 1. The minimum Gasteiger partial charge on any atom is -0.284 e. The van der Waals surface area contributed by atoms with E-state index in [2.05, 4.69) is 11.1 Å². The van der Waals surface area contributed by atoms with Crippen molar-refractivity contribution in [3.63, 3.8) is 0 Å². The summed E-state index contributed by atoms with van der Waals surface area (Å²) in [6.45, 7) is 3.89. The molecule has 88 valence electrons. The Labute approximate surface area is 107 Å². The molecule has 2 rings (SSSR count). The Balaban J connectivity index is 2.26. The van der Waals surface area contributed by atoms with E-state index in [1.54, 1.807) is 0 Å². The highest BCUT2D eigenvalue weighted by atomic mass is 35.5. The summed E-state index contributed by atoms with van der Waals surface area (Å²) in [5.74, 6) is 0. The first-order chi connectivity index (χ1) is 8.03. The second kappa shape index (κ2) is 4.50. The van der Waals surface area contributed by atoms with Crippen LogP contribution in [0, 0.1) is 16.7 Å². The van der Waals surface area contributed by atoms with Gasteiger partial charge in [0.1, 0.15) is 0 Å². The van der Waals surface area contributed by atoms with Crippen LogP contribution in [0.25, 0.3) is 0 Å². The summed E-state index contributed by atoms with van der Waals surface area (Å²) in [6.07, 6.45) is 1.87. The summed E-state index contributed by atoms with van der Waals surface area (Å²) >= 11 is 5.97. The van der Waals surface area contributed by atoms with E-state index >= 15 is 0 Å². The molecule has 1 atom stereocenters. The van der Waals surface area contributed by atoms with E-state index in [9.17, 15) is 0 Å². The van der Waals surface area contributed by atoms with Crippen LogP contribution >= 0.6 is 11.6 Å². The lowest BCUT2D eigenvalue weighted by Gasteiger charge is -2.20. The summed E-state index contributed by atoms with van der Waals surface area (Å²) < 4.78 is 0. The average molecular weight is 247 g/mol. The van der Waals surface area contributed by atoms with E-state index in [1.165, 1.54) is 0 Å². The zero-order valence-electron chi connectivity index (χ0n) is 10.1. The van der Waals surface area contributed by atoms with Gasteiger partial charge in [0.25, 0.3) is 0 Å². The molecular formula is C14H15ClN2. The van der Waals surface area contributed by atoms with E-state index in [0.29, 0.717) is 0 Å². The van der Waals surface area contributed by atoms with Crippen LogP contribution in [0.15, 0.2) is 29.3 Å². The van der Waals surface area contributed by atoms with Gasteiger partial charge in [-0.05, 0) is 44.4 Å². The Morgan fingerprint density at radius 2 is 2.24 bits per heavy atom. The van der Waals surface area contributed by atoms with Gasteiger partial charge in [-0.15, -0.1) is 0 Å². The Morgan fingerprint density at radius 1 is 1.47 bits per heavy atom. The van der Waals surface area contributed by atoms with Gasteiger partial charge in [-0.1, -0.05) is 23.7 Å². The lowest BCUT2D eigenvalue weighted by atomic mass is 9.85. The van der Waals surface area contributed by atoms with Crippen molar-refractivity contribution >= 4 is 17.3 Å². The fraction of sp³-hybridized carbons (Fsp3) is 0.429. The number of rotatable bonds is 2. The molecule has 0 N–H and O–H groups in total. The fourth-order valence-corrected chi connectivity index (χ4v) is 2.26.